The van der Waals surface area contributed by atoms with Gasteiger partial charge >= 0.3 is 5.97 Å². The average Bonchev–Trinajstić information content (AvgIpc) is 2.29. The molecule has 1 N–H and O–H groups in total. The van der Waals surface area contributed by atoms with Crippen LogP contribution in [0.3, 0.4) is 0 Å². The molecule has 1 amide bonds. The highest BCUT2D eigenvalue weighted by Gasteiger charge is 2.31. The molecular formula is C11H17NO3S. The van der Waals surface area contributed by atoms with Crippen LogP contribution in [0.15, 0.2) is 12.7 Å². The first-order chi connectivity index (χ1) is 7.66. The molecule has 0 aromatic rings. The molecule has 0 saturated carbocycles. The normalized spacial score (nSPS) is 20.5. The Balaban J connectivity index is 2.50. The molecular weight excluding hydrogens is 226 g/mol. The van der Waals surface area contributed by atoms with Gasteiger partial charge in [-0.3, -0.25) is 4.79 Å². The number of hydrogen-bond donors (Lipinski definition) is 1. The number of carboxylic acids is 1. The fourth-order valence-corrected chi connectivity index (χ4v) is 2.42. The summed E-state index contributed by atoms with van der Waals surface area (Å²) < 4.78 is 0. The molecule has 0 bridgehead atoms. The largest absolute Gasteiger partial charge is 0.480 e. The van der Waals surface area contributed by atoms with Crippen LogP contribution in [0.25, 0.3) is 0 Å². The van der Waals surface area contributed by atoms with E-state index < -0.39 is 12.0 Å². The monoisotopic (exact) mass is 243 g/mol. The van der Waals surface area contributed by atoms with Crippen molar-refractivity contribution in [3.8, 4) is 0 Å². The van der Waals surface area contributed by atoms with E-state index in [-0.39, 0.29) is 5.91 Å². The van der Waals surface area contributed by atoms with Crippen molar-refractivity contribution in [1.82, 2.24) is 4.90 Å². The molecule has 4 nitrogen and oxygen atoms in total. The fourth-order valence-electron chi connectivity index (χ4n) is 1.80. The summed E-state index contributed by atoms with van der Waals surface area (Å²) in [5.74, 6) is 0.105. The van der Waals surface area contributed by atoms with E-state index >= 15 is 0 Å². The van der Waals surface area contributed by atoms with Crippen molar-refractivity contribution in [2.45, 2.75) is 25.3 Å². The summed E-state index contributed by atoms with van der Waals surface area (Å²) in [5, 5.41) is 9.01. The van der Waals surface area contributed by atoms with E-state index in [0.29, 0.717) is 18.7 Å². The molecule has 1 aliphatic heterocycles. The fraction of sp³-hybridized carbons (Fsp3) is 0.636. The van der Waals surface area contributed by atoms with Crippen molar-refractivity contribution in [3.05, 3.63) is 12.7 Å². The Hall–Kier alpha value is -0.970. The number of rotatable bonds is 5. The lowest BCUT2D eigenvalue weighted by atomic mass is 10.0. The van der Waals surface area contributed by atoms with E-state index in [1.807, 2.05) is 0 Å². The first kappa shape index (κ1) is 13.1. The van der Waals surface area contributed by atoms with E-state index in [0.717, 1.165) is 18.6 Å². The Morgan fingerprint density at radius 2 is 2.25 bits per heavy atom. The van der Waals surface area contributed by atoms with Crippen LogP contribution in [0.5, 0.6) is 0 Å². The summed E-state index contributed by atoms with van der Waals surface area (Å²) in [6, 6.07) is -0.620. The zero-order valence-electron chi connectivity index (χ0n) is 9.22. The quantitative estimate of drug-likeness (QED) is 0.585. The van der Waals surface area contributed by atoms with Gasteiger partial charge in [0.2, 0.25) is 5.91 Å². The van der Waals surface area contributed by atoms with Crippen LogP contribution < -0.4 is 0 Å². The molecule has 1 heterocycles. The van der Waals surface area contributed by atoms with Gasteiger partial charge in [-0.25, -0.2) is 4.79 Å². The maximum Gasteiger partial charge on any atom is 0.326 e. The maximum absolute atomic E-state index is 11.8. The van der Waals surface area contributed by atoms with E-state index in [1.54, 1.807) is 6.08 Å². The number of likely N-dealkylation sites (tertiary alicyclic amines) is 1. The minimum Gasteiger partial charge on any atom is -0.480 e. The summed E-state index contributed by atoms with van der Waals surface area (Å²) in [6.45, 7) is 4.15. The van der Waals surface area contributed by atoms with Crippen LogP contribution in [0, 0.1) is 0 Å². The van der Waals surface area contributed by atoms with Gasteiger partial charge in [-0.05, 0) is 19.3 Å². The van der Waals surface area contributed by atoms with E-state index in [1.165, 1.54) is 16.7 Å². The number of aliphatic carboxylic acids is 1. The first-order valence-corrected chi connectivity index (χ1v) is 6.53. The third kappa shape index (κ3) is 3.56. The standard InChI is InChI=1S/C11H17NO3S/c1-2-7-16-8-10(13)12-6-4-3-5-9(12)11(14)15/h2,9H,1,3-8H2,(H,14,15). The Labute approximate surface area is 99.7 Å². The predicted octanol–water partition coefficient (Wildman–Crippen LogP) is 1.37. The number of carbonyl (C=O) groups excluding carboxylic acids is 1. The third-order valence-electron chi connectivity index (χ3n) is 2.57. The highest BCUT2D eigenvalue weighted by molar-refractivity contribution is 8.00. The number of thioether (sulfide) groups is 1. The number of hydrogen-bond acceptors (Lipinski definition) is 3. The molecule has 1 fully saturated rings. The highest BCUT2D eigenvalue weighted by Crippen LogP contribution is 2.18. The molecule has 0 aromatic heterocycles. The van der Waals surface area contributed by atoms with Gasteiger partial charge in [0, 0.05) is 12.3 Å². The highest BCUT2D eigenvalue weighted by atomic mass is 32.2. The minimum atomic E-state index is -0.887. The zero-order chi connectivity index (χ0) is 12.0. The number of nitrogens with zero attached hydrogens (tertiary/aromatic N) is 1. The van der Waals surface area contributed by atoms with Gasteiger partial charge in [-0.2, -0.15) is 0 Å². The van der Waals surface area contributed by atoms with Gasteiger partial charge in [0.15, 0.2) is 0 Å². The molecule has 1 unspecified atom stereocenters. The summed E-state index contributed by atoms with van der Waals surface area (Å²) >= 11 is 1.47. The predicted molar refractivity (Wildman–Crippen MR) is 64.5 cm³/mol. The van der Waals surface area contributed by atoms with Crippen LogP contribution in [0.2, 0.25) is 0 Å². The van der Waals surface area contributed by atoms with Gasteiger partial charge in [0.05, 0.1) is 5.75 Å². The van der Waals surface area contributed by atoms with Gasteiger partial charge < -0.3 is 10.0 Å². The topological polar surface area (TPSA) is 57.6 Å². The summed E-state index contributed by atoms with van der Waals surface area (Å²) in [5.41, 5.74) is 0. The van der Waals surface area contributed by atoms with E-state index in [2.05, 4.69) is 6.58 Å². The number of piperidine rings is 1. The molecule has 0 spiro atoms. The van der Waals surface area contributed by atoms with Crippen LogP contribution in [-0.2, 0) is 9.59 Å². The third-order valence-corrected chi connectivity index (χ3v) is 3.49. The molecule has 1 atom stereocenters. The molecule has 1 saturated heterocycles. The maximum atomic E-state index is 11.8. The molecule has 90 valence electrons. The minimum absolute atomic E-state index is 0.0704. The molecule has 0 aromatic carbocycles. The van der Waals surface area contributed by atoms with Crippen LogP contribution in [0.1, 0.15) is 19.3 Å². The lowest BCUT2D eigenvalue weighted by molar-refractivity contribution is -0.150. The second kappa shape index (κ2) is 6.58. The SMILES string of the molecule is C=CCSCC(=O)N1CCCCC1C(=O)O. The second-order valence-electron chi connectivity index (χ2n) is 3.74. The molecule has 1 rings (SSSR count). The van der Waals surface area contributed by atoms with Crippen LogP contribution in [-0.4, -0.2) is 46.0 Å². The van der Waals surface area contributed by atoms with Gasteiger partial charge in [0.25, 0.3) is 0 Å². The summed E-state index contributed by atoms with van der Waals surface area (Å²) in [7, 11) is 0. The van der Waals surface area contributed by atoms with Gasteiger partial charge in [-0.1, -0.05) is 6.08 Å². The van der Waals surface area contributed by atoms with Gasteiger partial charge in [0.1, 0.15) is 6.04 Å². The Kier molecular flexibility index (Phi) is 5.38. The molecule has 16 heavy (non-hydrogen) atoms. The summed E-state index contributed by atoms with van der Waals surface area (Å²) in [6.07, 6.45) is 4.11. The molecule has 5 heteroatoms. The van der Waals surface area contributed by atoms with Crippen molar-refractivity contribution in [2.75, 3.05) is 18.1 Å². The van der Waals surface area contributed by atoms with Crippen molar-refractivity contribution < 1.29 is 14.7 Å². The smallest absolute Gasteiger partial charge is 0.326 e. The molecule has 1 aliphatic rings. The van der Waals surface area contributed by atoms with Crippen molar-refractivity contribution in [2.24, 2.45) is 0 Å². The number of amides is 1. The van der Waals surface area contributed by atoms with Crippen LogP contribution >= 0.6 is 11.8 Å². The van der Waals surface area contributed by atoms with Crippen molar-refractivity contribution >= 4 is 23.6 Å². The van der Waals surface area contributed by atoms with E-state index in [4.69, 9.17) is 5.11 Å². The Bertz CT molecular complexity index is 280. The van der Waals surface area contributed by atoms with Crippen molar-refractivity contribution in [3.63, 3.8) is 0 Å². The Morgan fingerprint density at radius 3 is 2.88 bits per heavy atom. The number of carboxylic acid groups (broad SMARTS) is 1. The summed E-state index contributed by atoms with van der Waals surface area (Å²) in [4.78, 5) is 24.3. The lowest BCUT2D eigenvalue weighted by Gasteiger charge is -2.32. The molecule has 0 radical (unpaired) electrons. The van der Waals surface area contributed by atoms with Gasteiger partial charge in [-0.15, -0.1) is 18.3 Å². The van der Waals surface area contributed by atoms with Crippen LogP contribution in [0.4, 0.5) is 0 Å². The lowest BCUT2D eigenvalue weighted by Crippen LogP contribution is -2.48. The second-order valence-corrected chi connectivity index (χ2v) is 4.77. The van der Waals surface area contributed by atoms with E-state index in [9.17, 15) is 9.59 Å². The Morgan fingerprint density at radius 1 is 1.50 bits per heavy atom. The average molecular weight is 243 g/mol. The number of carbonyl (C=O) groups is 2. The zero-order valence-corrected chi connectivity index (χ0v) is 10.0. The van der Waals surface area contributed by atoms with Crippen molar-refractivity contribution in [1.29, 1.82) is 0 Å². The first-order valence-electron chi connectivity index (χ1n) is 5.37. The molecule has 0 aliphatic carbocycles.